The number of methoxy groups -OCH3 is 2. The molecule has 0 radical (unpaired) electrons. The van der Waals surface area contributed by atoms with Crippen LogP contribution >= 0.6 is 0 Å². The van der Waals surface area contributed by atoms with Crippen molar-refractivity contribution in [3.05, 3.63) is 47.9 Å². The lowest BCUT2D eigenvalue weighted by molar-refractivity contribution is -0.131. The Morgan fingerprint density at radius 2 is 2.00 bits per heavy atom. The van der Waals surface area contributed by atoms with Gasteiger partial charge in [0.1, 0.15) is 11.8 Å². The largest absolute Gasteiger partial charge is 0.493 e. The van der Waals surface area contributed by atoms with Crippen LogP contribution in [0, 0.1) is 0 Å². The third-order valence-electron chi connectivity index (χ3n) is 4.33. The minimum atomic E-state index is -0.899. The molecule has 1 unspecified atom stereocenters. The lowest BCUT2D eigenvalue weighted by Gasteiger charge is -2.15. The Hall–Kier alpha value is -3.49. The van der Waals surface area contributed by atoms with Crippen LogP contribution in [0.25, 0.3) is 0 Å². The number of nitrogens with one attached hydrogen (secondary N) is 2. The Labute approximate surface area is 161 Å². The van der Waals surface area contributed by atoms with Gasteiger partial charge in [-0.2, -0.15) is 0 Å². The molecule has 9 heteroatoms. The Bertz CT molecular complexity index is 865. The van der Waals surface area contributed by atoms with Crippen LogP contribution in [-0.4, -0.2) is 43.0 Å². The zero-order valence-corrected chi connectivity index (χ0v) is 15.6. The molecule has 148 valence electrons. The van der Waals surface area contributed by atoms with Crippen molar-refractivity contribution >= 4 is 17.8 Å². The zero-order chi connectivity index (χ0) is 20.1. The molecule has 28 heavy (non-hydrogen) atoms. The smallest absolute Gasteiger partial charge is 0.325 e. The highest BCUT2D eigenvalue weighted by Crippen LogP contribution is 2.28. The van der Waals surface area contributed by atoms with Gasteiger partial charge in [0.2, 0.25) is 5.91 Å². The second-order valence-corrected chi connectivity index (χ2v) is 6.18. The first-order chi connectivity index (χ1) is 13.5. The summed E-state index contributed by atoms with van der Waals surface area (Å²) in [5, 5.41) is 5.20. The standard InChI is InChI=1S/C19H21N3O6/c1-26-15-6-5-12(8-16(15)27-2)11-22-18(24)14(21-19(22)25)9-17(23)20-10-13-4-3-7-28-13/h3-8,14H,9-11H2,1-2H3,(H,20,23)(H,21,25). The van der Waals surface area contributed by atoms with E-state index in [0.717, 1.165) is 4.90 Å². The third kappa shape index (κ3) is 4.25. The number of amides is 4. The van der Waals surface area contributed by atoms with Crippen molar-refractivity contribution in [1.82, 2.24) is 15.5 Å². The van der Waals surface area contributed by atoms with Crippen molar-refractivity contribution in [2.75, 3.05) is 14.2 Å². The molecule has 1 aliphatic heterocycles. The van der Waals surface area contributed by atoms with Gasteiger partial charge in [-0.3, -0.25) is 14.5 Å². The molecular formula is C19H21N3O6. The van der Waals surface area contributed by atoms with E-state index in [1.165, 1.54) is 20.5 Å². The van der Waals surface area contributed by atoms with Gasteiger partial charge in [0.05, 0.1) is 40.0 Å². The normalized spacial score (nSPS) is 16.1. The monoisotopic (exact) mass is 387 g/mol. The predicted octanol–water partition coefficient (Wildman–Crippen LogP) is 1.42. The average Bonchev–Trinajstić information content (AvgIpc) is 3.30. The molecule has 2 N–H and O–H groups in total. The Morgan fingerprint density at radius 1 is 1.21 bits per heavy atom. The number of nitrogens with zero attached hydrogens (tertiary/aromatic N) is 1. The topological polar surface area (TPSA) is 110 Å². The molecular weight excluding hydrogens is 366 g/mol. The Kier molecular flexibility index (Phi) is 5.83. The maximum absolute atomic E-state index is 12.6. The van der Waals surface area contributed by atoms with Gasteiger partial charge in [0, 0.05) is 0 Å². The van der Waals surface area contributed by atoms with Crippen LogP contribution in [0.5, 0.6) is 11.5 Å². The van der Waals surface area contributed by atoms with Gasteiger partial charge in [-0.05, 0) is 29.8 Å². The van der Waals surface area contributed by atoms with Gasteiger partial charge in [0.25, 0.3) is 5.91 Å². The SMILES string of the molecule is COc1ccc(CN2C(=O)NC(CC(=O)NCc3ccco3)C2=O)cc1OC. The summed E-state index contributed by atoms with van der Waals surface area (Å²) in [4.78, 5) is 37.9. The molecule has 2 heterocycles. The Balaban J connectivity index is 1.59. The first-order valence-electron chi connectivity index (χ1n) is 8.63. The second-order valence-electron chi connectivity index (χ2n) is 6.18. The van der Waals surface area contributed by atoms with Crippen molar-refractivity contribution in [3.63, 3.8) is 0 Å². The molecule has 2 aromatic rings. The molecule has 1 fully saturated rings. The lowest BCUT2D eigenvalue weighted by atomic mass is 10.1. The van der Waals surface area contributed by atoms with Gasteiger partial charge >= 0.3 is 6.03 Å². The molecule has 3 rings (SSSR count). The van der Waals surface area contributed by atoms with E-state index >= 15 is 0 Å². The van der Waals surface area contributed by atoms with E-state index < -0.39 is 18.0 Å². The quantitative estimate of drug-likeness (QED) is 0.663. The first-order valence-corrected chi connectivity index (χ1v) is 8.63. The molecule has 1 aromatic carbocycles. The maximum Gasteiger partial charge on any atom is 0.325 e. The first kappa shape index (κ1) is 19.3. The third-order valence-corrected chi connectivity index (χ3v) is 4.33. The van der Waals surface area contributed by atoms with E-state index in [-0.39, 0.29) is 25.4 Å². The minimum Gasteiger partial charge on any atom is -0.493 e. The molecule has 0 aliphatic carbocycles. The van der Waals surface area contributed by atoms with Gasteiger partial charge in [-0.25, -0.2) is 4.79 Å². The van der Waals surface area contributed by atoms with Gasteiger partial charge in [-0.15, -0.1) is 0 Å². The van der Waals surface area contributed by atoms with Gasteiger partial charge in [-0.1, -0.05) is 6.07 Å². The number of rotatable bonds is 8. The number of carbonyl (C=O) groups is 3. The van der Waals surface area contributed by atoms with E-state index in [2.05, 4.69) is 10.6 Å². The highest BCUT2D eigenvalue weighted by molar-refractivity contribution is 6.05. The van der Waals surface area contributed by atoms with Crippen LogP contribution < -0.4 is 20.1 Å². The van der Waals surface area contributed by atoms with Crippen LogP contribution in [-0.2, 0) is 22.7 Å². The summed E-state index contributed by atoms with van der Waals surface area (Å²) in [6, 6.07) is 7.15. The molecule has 1 aliphatic rings. The van der Waals surface area contributed by atoms with Gasteiger partial charge in [0.15, 0.2) is 11.5 Å². The summed E-state index contributed by atoms with van der Waals surface area (Å²) in [5.41, 5.74) is 0.698. The molecule has 9 nitrogen and oxygen atoms in total. The van der Waals surface area contributed by atoms with Crippen LogP contribution in [0.3, 0.4) is 0 Å². The zero-order valence-electron chi connectivity index (χ0n) is 15.6. The molecule has 4 amide bonds. The predicted molar refractivity (Wildman–Crippen MR) is 97.6 cm³/mol. The number of benzene rings is 1. The number of urea groups is 1. The summed E-state index contributed by atoms with van der Waals surface area (Å²) in [6.07, 6.45) is 1.36. The summed E-state index contributed by atoms with van der Waals surface area (Å²) in [5.74, 6) is 0.844. The summed E-state index contributed by atoms with van der Waals surface area (Å²) >= 11 is 0. The minimum absolute atomic E-state index is 0.0650. The van der Waals surface area contributed by atoms with E-state index in [1.807, 2.05) is 0 Å². The summed E-state index contributed by atoms with van der Waals surface area (Å²) < 4.78 is 15.5. The Morgan fingerprint density at radius 3 is 2.68 bits per heavy atom. The van der Waals surface area contributed by atoms with Crippen LogP contribution in [0.4, 0.5) is 4.79 Å². The lowest BCUT2D eigenvalue weighted by Crippen LogP contribution is -2.36. The molecule has 1 aromatic heterocycles. The molecule has 0 bridgehead atoms. The number of hydrogen-bond acceptors (Lipinski definition) is 6. The van der Waals surface area contributed by atoms with Crippen molar-refractivity contribution < 1.29 is 28.3 Å². The number of imide groups is 1. The molecule has 0 spiro atoms. The number of ether oxygens (including phenoxy) is 2. The number of furan rings is 1. The maximum atomic E-state index is 12.6. The van der Waals surface area contributed by atoms with Crippen molar-refractivity contribution in [2.24, 2.45) is 0 Å². The molecule has 0 saturated carbocycles. The molecule has 1 saturated heterocycles. The van der Waals surface area contributed by atoms with Crippen LogP contribution in [0.2, 0.25) is 0 Å². The highest BCUT2D eigenvalue weighted by Gasteiger charge is 2.39. The van der Waals surface area contributed by atoms with Crippen molar-refractivity contribution in [3.8, 4) is 11.5 Å². The fourth-order valence-corrected chi connectivity index (χ4v) is 2.88. The van der Waals surface area contributed by atoms with Crippen LogP contribution in [0.15, 0.2) is 41.0 Å². The number of hydrogen-bond donors (Lipinski definition) is 2. The fraction of sp³-hybridized carbons (Fsp3) is 0.316. The van der Waals surface area contributed by atoms with Crippen LogP contribution in [0.1, 0.15) is 17.7 Å². The summed E-state index contributed by atoms with van der Waals surface area (Å²) in [6.45, 7) is 0.283. The van der Waals surface area contributed by atoms with Crippen molar-refractivity contribution in [1.29, 1.82) is 0 Å². The highest BCUT2D eigenvalue weighted by atomic mass is 16.5. The number of carbonyl (C=O) groups excluding carboxylic acids is 3. The second kappa shape index (κ2) is 8.47. The molecule has 1 atom stereocenters. The summed E-state index contributed by atoms with van der Waals surface area (Å²) in [7, 11) is 3.03. The van der Waals surface area contributed by atoms with E-state index in [9.17, 15) is 14.4 Å². The van der Waals surface area contributed by atoms with E-state index in [1.54, 1.807) is 30.3 Å². The van der Waals surface area contributed by atoms with E-state index in [4.69, 9.17) is 13.9 Å². The average molecular weight is 387 g/mol. The van der Waals surface area contributed by atoms with Crippen molar-refractivity contribution in [2.45, 2.75) is 25.6 Å². The fourth-order valence-electron chi connectivity index (χ4n) is 2.88. The van der Waals surface area contributed by atoms with E-state index in [0.29, 0.717) is 22.8 Å². The van der Waals surface area contributed by atoms with Gasteiger partial charge < -0.3 is 24.5 Å².